The molecule has 0 N–H and O–H groups in total. The predicted octanol–water partition coefficient (Wildman–Crippen LogP) is 4.23. The van der Waals surface area contributed by atoms with Gasteiger partial charge in [-0.3, -0.25) is 4.79 Å². The molecule has 0 atom stereocenters. The van der Waals surface area contributed by atoms with Crippen molar-refractivity contribution < 1.29 is 4.79 Å². The fraction of sp³-hybridized carbons (Fsp3) is 0.273. The number of fused-ring (bicyclic) bond motifs is 1. The first kappa shape index (κ1) is 18.9. The summed E-state index contributed by atoms with van der Waals surface area (Å²) in [6.07, 6.45) is 5.53. The highest BCUT2D eigenvalue weighted by Crippen LogP contribution is 2.19. The Morgan fingerprint density at radius 1 is 1.19 bits per heavy atom. The SMILES string of the molecule is C#CCn1c(=NC(=O)c2ccc(N(CC)CC)cc2)sc2cc(C)ccc21. The molecule has 0 fully saturated rings. The average Bonchev–Trinajstić information content (AvgIpc) is 3.00. The van der Waals surface area contributed by atoms with E-state index in [0.717, 1.165) is 29.0 Å². The van der Waals surface area contributed by atoms with Crippen molar-refractivity contribution >= 4 is 33.1 Å². The molecule has 1 amide bonds. The summed E-state index contributed by atoms with van der Waals surface area (Å²) in [5, 5.41) is 0. The van der Waals surface area contributed by atoms with E-state index in [1.807, 2.05) is 47.9 Å². The van der Waals surface area contributed by atoms with Crippen LogP contribution in [0.25, 0.3) is 10.2 Å². The molecule has 4 nitrogen and oxygen atoms in total. The molecule has 0 spiro atoms. The maximum atomic E-state index is 12.7. The van der Waals surface area contributed by atoms with Gasteiger partial charge in [0.1, 0.15) is 0 Å². The summed E-state index contributed by atoms with van der Waals surface area (Å²) in [6.45, 7) is 8.53. The van der Waals surface area contributed by atoms with Crippen LogP contribution in [-0.2, 0) is 6.54 Å². The molecule has 0 aliphatic heterocycles. The van der Waals surface area contributed by atoms with Crippen LogP contribution in [0.1, 0.15) is 29.8 Å². The van der Waals surface area contributed by atoms with Gasteiger partial charge in [0.25, 0.3) is 5.91 Å². The molecule has 3 rings (SSSR count). The molecular weight excluding hydrogens is 354 g/mol. The average molecular weight is 378 g/mol. The standard InChI is InChI=1S/C22H23N3OS/c1-5-14-25-19-13-8-16(4)15-20(19)27-22(25)23-21(26)17-9-11-18(12-10-17)24(6-2)7-3/h1,8-13,15H,6-7,14H2,2-4H3. The van der Waals surface area contributed by atoms with E-state index < -0.39 is 0 Å². The van der Waals surface area contributed by atoms with Gasteiger partial charge in [-0.1, -0.05) is 23.3 Å². The summed E-state index contributed by atoms with van der Waals surface area (Å²) >= 11 is 1.49. The highest BCUT2D eigenvalue weighted by Gasteiger charge is 2.10. The van der Waals surface area contributed by atoms with E-state index in [0.29, 0.717) is 16.9 Å². The zero-order valence-corrected chi connectivity index (χ0v) is 16.7. The van der Waals surface area contributed by atoms with E-state index in [1.54, 1.807) is 0 Å². The van der Waals surface area contributed by atoms with Gasteiger partial charge in [-0.2, -0.15) is 4.99 Å². The summed E-state index contributed by atoms with van der Waals surface area (Å²) < 4.78 is 3.00. The smallest absolute Gasteiger partial charge is 0.279 e. The van der Waals surface area contributed by atoms with E-state index >= 15 is 0 Å². The Morgan fingerprint density at radius 3 is 2.52 bits per heavy atom. The second kappa shape index (κ2) is 8.24. The molecule has 0 radical (unpaired) electrons. The third kappa shape index (κ3) is 3.96. The molecule has 2 aromatic carbocycles. The van der Waals surface area contributed by atoms with Gasteiger partial charge in [0, 0.05) is 24.3 Å². The second-order valence-corrected chi connectivity index (χ2v) is 7.29. The second-order valence-electron chi connectivity index (χ2n) is 6.28. The number of hydrogen-bond donors (Lipinski definition) is 0. The van der Waals surface area contributed by atoms with E-state index in [4.69, 9.17) is 6.42 Å². The van der Waals surface area contributed by atoms with Gasteiger partial charge in [0.15, 0.2) is 4.80 Å². The number of aromatic nitrogens is 1. The highest BCUT2D eigenvalue weighted by molar-refractivity contribution is 7.16. The molecule has 3 aromatic rings. The highest BCUT2D eigenvalue weighted by atomic mass is 32.1. The summed E-state index contributed by atoms with van der Waals surface area (Å²) in [4.78, 5) is 19.9. The van der Waals surface area contributed by atoms with Crippen molar-refractivity contribution in [3.05, 3.63) is 58.4 Å². The van der Waals surface area contributed by atoms with Crippen molar-refractivity contribution in [2.75, 3.05) is 18.0 Å². The summed E-state index contributed by atoms with van der Waals surface area (Å²) in [7, 11) is 0. The van der Waals surface area contributed by atoms with Crippen LogP contribution < -0.4 is 9.70 Å². The summed E-state index contributed by atoms with van der Waals surface area (Å²) in [5.41, 5.74) is 3.86. The molecule has 1 aromatic heterocycles. The lowest BCUT2D eigenvalue weighted by Crippen LogP contribution is -2.21. The van der Waals surface area contributed by atoms with Crippen molar-refractivity contribution in [3.63, 3.8) is 0 Å². The number of terminal acetylenes is 1. The van der Waals surface area contributed by atoms with Gasteiger partial charge in [0.2, 0.25) is 0 Å². The first-order valence-corrected chi connectivity index (χ1v) is 9.86. The monoisotopic (exact) mass is 377 g/mol. The number of rotatable bonds is 5. The Balaban J connectivity index is 2.00. The Kier molecular flexibility index (Phi) is 5.78. The predicted molar refractivity (Wildman–Crippen MR) is 113 cm³/mol. The van der Waals surface area contributed by atoms with E-state index in [9.17, 15) is 4.79 Å². The molecule has 27 heavy (non-hydrogen) atoms. The molecule has 138 valence electrons. The van der Waals surface area contributed by atoms with Gasteiger partial charge in [-0.25, -0.2) is 0 Å². The Hall–Kier alpha value is -2.84. The number of carbonyl (C=O) groups is 1. The van der Waals surface area contributed by atoms with E-state index in [-0.39, 0.29) is 5.91 Å². The zero-order chi connectivity index (χ0) is 19.4. The van der Waals surface area contributed by atoms with Gasteiger partial charge in [-0.05, 0) is 62.7 Å². The quantitative estimate of drug-likeness (QED) is 0.624. The normalized spacial score (nSPS) is 11.6. The lowest BCUT2D eigenvalue weighted by molar-refractivity contribution is 0.0998. The first-order chi connectivity index (χ1) is 13.1. The van der Waals surface area contributed by atoms with Gasteiger partial charge in [0.05, 0.1) is 16.8 Å². The maximum Gasteiger partial charge on any atom is 0.279 e. The van der Waals surface area contributed by atoms with E-state index in [1.165, 1.54) is 16.9 Å². The summed E-state index contributed by atoms with van der Waals surface area (Å²) in [6, 6.07) is 13.8. The Morgan fingerprint density at radius 2 is 1.89 bits per heavy atom. The molecule has 0 saturated carbocycles. The van der Waals surface area contributed by atoms with Gasteiger partial charge in [-0.15, -0.1) is 6.42 Å². The number of benzene rings is 2. The van der Waals surface area contributed by atoms with Crippen molar-refractivity contribution in [1.82, 2.24) is 4.57 Å². The Labute approximate surface area is 163 Å². The number of thiazole rings is 1. The third-order valence-electron chi connectivity index (χ3n) is 4.53. The topological polar surface area (TPSA) is 37.6 Å². The van der Waals surface area contributed by atoms with Crippen LogP contribution in [0, 0.1) is 19.3 Å². The molecule has 0 aliphatic carbocycles. The molecule has 0 unspecified atom stereocenters. The lowest BCUT2D eigenvalue weighted by Gasteiger charge is -2.20. The third-order valence-corrected chi connectivity index (χ3v) is 5.57. The molecule has 0 aliphatic rings. The van der Waals surface area contributed by atoms with Crippen LogP contribution in [0.15, 0.2) is 47.5 Å². The number of aryl methyl sites for hydroxylation is 1. The number of anilines is 1. The molecule has 0 bridgehead atoms. The van der Waals surface area contributed by atoms with Crippen molar-refractivity contribution in [2.45, 2.75) is 27.3 Å². The zero-order valence-electron chi connectivity index (χ0n) is 15.9. The molecule has 0 saturated heterocycles. The van der Waals surface area contributed by atoms with E-state index in [2.05, 4.69) is 35.7 Å². The molecule has 5 heteroatoms. The number of carbonyl (C=O) groups excluding carboxylic acids is 1. The Bertz CT molecular complexity index is 1060. The maximum absolute atomic E-state index is 12.7. The van der Waals surface area contributed by atoms with Crippen LogP contribution in [0.3, 0.4) is 0 Å². The fourth-order valence-electron chi connectivity index (χ4n) is 3.06. The van der Waals surface area contributed by atoms with Crippen molar-refractivity contribution in [1.29, 1.82) is 0 Å². The van der Waals surface area contributed by atoms with Crippen molar-refractivity contribution in [3.8, 4) is 12.3 Å². The lowest BCUT2D eigenvalue weighted by atomic mass is 10.2. The number of hydrogen-bond acceptors (Lipinski definition) is 3. The van der Waals surface area contributed by atoms with Gasteiger partial charge < -0.3 is 9.47 Å². The molecule has 1 heterocycles. The van der Waals surface area contributed by atoms with Crippen LogP contribution in [0.2, 0.25) is 0 Å². The van der Waals surface area contributed by atoms with Crippen LogP contribution >= 0.6 is 11.3 Å². The van der Waals surface area contributed by atoms with Gasteiger partial charge >= 0.3 is 0 Å². The minimum Gasteiger partial charge on any atom is -0.372 e. The van der Waals surface area contributed by atoms with Crippen LogP contribution in [0.5, 0.6) is 0 Å². The first-order valence-electron chi connectivity index (χ1n) is 9.04. The minimum absolute atomic E-state index is 0.254. The molecular formula is C22H23N3OS. The minimum atomic E-state index is -0.254. The number of amides is 1. The van der Waals surface area contributed by atoms with Crippen LogP contribution in [-0.4, -0.2) is 23.6 Å². The number of nitrogens with zero attached hydrogens (tertiary/aromatic N) is 3. The summed E-state index contributed by atoms with van der Waals surface area (Å²) in [5.74, 6) is 2.40. The fourth-order valence-corrected chi connectivity index (χ4v) is 4.19. The van der Waals surface area contributed by atoms with Crippen molar-refractivity contribution in [2.24, 2.45) is 4.99 Å². The van der Waals surface area contributed by atoms with Crippen LogP contribution in [0.4, 0.5) is 5.69 Å². The largest absolute Gasteiger partial charge is 0.372 e.